The molecule has 1 aromatic carbocycles. The van der Waals surface area contributed by atoms with Crippen molar-refractivity contribution in [3.8, 4) is 22.1 Å². The second kappa shape index (κ2) is 12.4. The van der Waals surface area contributed by atoms with Gasteiger partial charge in [0.2, 0.25) is 0 Å². The molecular weight excluding hydrogens is 575 g/mol. The summed E-state index contributed by atoms with van der Waals surface area (Å²) >= 11 is 1.49. The first-order valence-electron chi connectivity index (χ1n) is 14.1. The number of methoxy groups -OCH3 is 2. The molecule has 0 spiro atoms. The van der Waals surface area contributed by atoms with Gasteiger partial charge in [0.1, 0.15) is 17.1 Å². The molecule has 0 radical (unpaired) electrons. The molecule has 12 heteroatoms. The third-order valence-electron chi connectivity index (χ3n) is 7.29. The number of fused-ring (bicyclic) bond motifs is 1. The molecule has 2 aliphatic heterocycles. The zero-order valence-corrected chi connectivity index (χ0v) is 26.0. The number of hydrogen-bond donors (Lipinski definition) is 2. The number of aryl methyl sites for hydroxylation is 1. The number of pyridine rings is 1. The quantitative estimate of drug-likeness (QED) is 0.342. The standard InChI is InChI=1S/C31H37FN4O6S/c1-17-7-10-24(43-17)27-25-20(15-36(29(25)37)14-18-8-9-19(39-5)13-23(18)40-6)26(32)28(35-27)33-21-11-12-41-16-22(21)34-30(38)42-31(2,3)4/h7-10,13,21-22H,11-12,14-16H2,1-6H3,(H,33,35)(H,34,38)/t21-,22+/m1/s1. The minimum absolute atomic E-state index is 0.0272. The number of hydrogen-bond acceptors (Lipinski definition) is 9. The number of carbonyl (C=O) groups excluding carboxylic acids is 2. The van der Waals surface area contributed by atoms with E-state index in [1.807, 2.05) is 25.1 Å². The number of amides is 2. The largest absolute Gasteiger partial charge is 0.497 e. The first kappa shape index (κ1) is 30.6. The average molecular weight is 613 g/mol. The van der Waals surface area contributed by atoms with Crippen LogP contribution in [0.15, 0.2) is 30.3 Å². The van der Waals surface area contributed by atoms with Gasteiger partial charge in [-0.25, -0.2) is 14.2 Å². The van der Waals surface area contributed by atoms with Crippen LogP contribution in [0.4, 0.5) is 15.0 Å². The van der Waals surface area contributed by atoms with Crippen LogP contribution in [0.25, 0.3) is 10.6 Å². The number of nitrogens with one attached hydrogen (secondary N) is 2. The fourth-order valence-corrected chi connectivity index (χ4v) is 6.11. The molecule has 2 aromatic heterocycles. The van der Waals surface area contributed by atoms with Gasteiger partial charge in [0.05, 0.1) is 55.6 Å². The van der Waals surface area contributed by atoms with E-state index in [1.54, 1.807) is 52.0 Å². The van der Waals surface area contributed by atoms with Crippen LogP contribution in [0.3, 0.4) is 0 Å². The summed E-state index contributed by atoms with van der Waals surface area (Å²) in [7, 11) is 3.12. The Morgan fingerprint density at radius 2 is 1.98 bits per heavy atom. The van der Waals surface area contributed by atoms with E-state index in [2.05, 4.69) is 10.6 Å². The number of benzene rings is 1. The number of aromatic nitrogens is 1. The fourth-order valence-electron chi connectivity index (χ4n) is 5.25. The van der Waals surface area contributed by atoms with Crippen molar-refractivity contribution in [3.05, 3.63) is 57.7 Å². The number of rotatable bonds is 8. The van der Waals surface area contributed by atoms with Gasteiger partial charge in [0, 0.05) is 35.2 Å². The van der Waals surface area contributed by atoms with Crippen LogP contribution in [-0.4, -0.2) is 67.0 Å². The van der Waals surface area contributed by atoms with E-state index in [-0.39, 0.29) is 48.6 Å². The average Bonchev–Trinajstić information content (AvgIpc) is 3.53. The van der Waals surface area contributed by atoms with Gasteiger partial charge in [-0.15, -0.1) is 11.3 Å². The highest BCUT2D eigenvalue weighted by molar-refractivity contribution is 7.15. The molecule has 3 aromatic rings. The summed E-state index contributed by atoms with van der Waals surface area (Å²) in [5.41, 5.74) is 1.06. The highest BCUT2D eigenvalue weighted by Gasteiger charge is 2.38. The molecule has 0 aliphatic carbocycles. The van der Waals surface area contributed by atoms with Gasteiger partial charge in [-0.1, -0.05) is 0 Å². The molecule has 43 heavy (non-hydrogen) atoms. The van der Waals surface area contributed by atoms with Crippen LogP contribution < -0.4 is 20.1 Å². The van der Waals surface area contributed by atoms with E-state index in [0.717, 1.165) is 15.3 Å². The number of thiophene rings is 1. The summed E-state index contributed by atoms with van der Waals surface area (Å²) in [5, 5.41) is 6.08. The second-order valence-electron chi connectivity index (χ2n) is 11.6. The Balaban J connectivity index is 1.47. The van der Waals surface area contributed by atoms with Crippen molar-refractivity contribution in [1.82, 2.24) is 15.2 Å². The Kier molecular flexibility index (Phi) is 8.79. The molecule has 0 saturated carbocycles. The monoisotopic (exact) mass is 612 g/mol. The van der Waals surface area contributed by atoms with E-state index < -0.39 is 23.6 Å². The number of carbonyl (C=O) groups is 2. The fraction of sp³-hybridized carbons (Fsp3) is 0.452. The number of ether oxygens (including phenoxy) is 4. The molecule has 2 N–H and O–H groups in total. The van der Waals surface area contributed by atoms with Gasteiger partial charge in [-0.05, 0) is 58.4 Å². The summed E-state index contributed by atoms with van der Waals surface area (Å²) in [6.45, 7) is 8.27. The lowest BCUT2D eigenvalue weighted by Crippen LogP contribution is -2.53. The molecule has 2 atom stereocenters. The molecule has 5 rings (SSSR count). The number of nitrogens with zero attached hydrogens (tertiary/aromatic N) is 2. The molecule has 1 fully saturated rings. The Labute approximate surface area is 254 Å². The maximum Gasteiger partial charge on any atom is 0.408 e. The van der Waals surface area contributed by atoms with E-state index in [0.29, 0.717) is 30.2 Å². The van der Waals surface area contributed by atoms with Gasteiger partial charge in [-0.2, -0.15) is 0 Å². The zero-order chi connectivity index (χ0) is 30.9. The van der Waals surface area contributed by atoms with Gasteiger partial charge in [0.25, 0.3) is 5.91 Å². The SMILES string of the molecule is COc1ccc(CN2Cc3c(F)c(N[C@@H]4CCOC[C@@H]4NC(=O)OC(C)(C)C)nc(-c4ccc(C)s4)c3C2=O)c(OC)c1. The van der Waals surface area contributed by atoms with Crippen molar-refractivity contribution in [2.45, 2.75) is 64.9 Å². The maximum atomic E-state index is 16.3. The van der Waals surface area contributed by atoms with Crippen molar-refractivity contribution in [1.29, 1.82) is 0 Å². The molecule has 10 nitrogen and oxygen atoms in total. The lowest BCUT2D eigenvalue weighted by Gasteiger charge is -2.33. The molecule has 0 bridgehead atoms. The van der Waals surface area contributed by atoms with E-state index in [9.17, 15) is 9.59 Å². The van der Waals surface area contributed by atoms with Crippen LogP contribution in [0.2, 0.25) is 0 Å². The first-order chi connectivity index (χ1) is 20.5. The lowest BCUT2D eigenvalue weighted by molar-refractivity contribution is 0.0317. The van der Waals surface area contributed by atoms with Crippen molar-refractivity contribution < 1.29 is 32.9 Å². The van der Waals surface area contributed by atoms with Crippen molar-refractivity contribution in [2.24, 2.45) is 0 Å². The number of anilines is 1. The van der Waals surface area contributed by atoms with E-state index >= 15 is 4.39 Å². The Bertz CT molecular complexity index is 1520. The van der Waals surface area contributed by atoms with Crippen molar-refractivity contribution in [3.63, 3.8) is 0 Å². The molecule has 4 heterocycles. The lowest BCUT2D eigenvalue weighted by atomic mass is 10.0. The third kappa shape index (κ3) is 6.70. The minimum atomic E-state index is -0.668. The smallest absolute Gasteiger partial charge is 0.408 e. The summed E-state index contributed by atoms with van der Waals surface area (Å²) in [4.78, 5) is 34.4. The number of alkyl carbamates (subject to hydrolysis) is 1. The van der Waals surface area contributed by atoms with E-state index in [1.165, 1.54) is 11.3 Å². The zero-order valence-electron chi connectivity index (χ0n) is 25.2. The Morgan fingerprint density at radius 1 is 1.19 bits per heavy atom. The van der Waals surface area contributed by atoms with E-state index in [4.69, 9.17) is 23.9 Å². The predicted molar refractivity (Wildman–Crippen MR) is 161 cm³/mol. The molecule has 1 saturated heterocycles. The van der Waals surface area contributed by atoms with Crippen LogP contribution in [0.1, 0.15) is 53.6 Å². The predicted octanol–water partition coefficient (Wildman–Crippen LogP) is 5.52. The topological polar surface area (TPSA) is 111 Å². The van der Waals surface area contributed by atoms with Crippen molar-refractivity contribution in [2.75, 3.05) is 32.8 Å². The van der Waals surface area contributed by atoms with Crippen LogP contribution in [0, 0.1) is 12.7 Å². The summed E-state index contributed by atoms with van der Waals surface area (Å²) < 4.78 is 38.2. The normalized spacial score (nSPS) is 18.3. The van der Waals surface area contributed by atoms with Crippen molar-refractivity contribution >= 4 is 29.2 Å². The second-order valence-corrected chi connectivity index (χ2v) is 12.9. The minimum Gasteiger partial charge on any atom is -0.497 e. The highest BCUT2D eigenvalue weighted by Crippen LogP contribution is 2.40. The van der Waals surface area contributed by atoms with Gasteiger partial charge in [0.15, 0.2) is 11.6 Å². The number of halogens is 1. The summed E-state index contributed by atoms with van der Waals surface area (Å²) in [5.74, 6) is 0.334. The van der Waals surface area contributed by atoms with Gasteiger partial charge >= 0.3 is 6.09 Å². The highest BCUT2D eigenvalue weighted by atomic mass is 32.1. The van der Waals surface area contributed by atoms with Gasteiger partial charge < -0.3 is 34.5 Å². The molecule has 0 unspecified atom stereocenters. The third-order valence-corrected chi connectivity index (χ3v) is 8.30. The Hall–Kier alpha value is -3.90. The maximum absolute atomic E-state index is 16.3. The van der Waals surface area contributed by atoms with Crippen LogP contribution in [-0.2, 0) is 22.6 Å². The molecule has 2 amide bonds. The summed E-state index contributed by atoms with van der Waals surface area (Å²) in [6.07, 6.45) is -0.0730. The Morgan fingerprint density at radius 3 is 2.65 bits per heavy atom. The summed E-state index contributed by atoms with van der Waals surface area (Å²) in [6, 6.07) is 8.37. The molecule has 2 aliphatic rings. The van der Waals surface area contributed by atoms with Crippen LogP contribution >= 0.6 is 11.3 Å². The van der Waals surface area contributed by atoms with Gasteiger partial charge in [-0.3, -0.25) is 4.79 Å². The first-order valence-corrected chi connectivity index (χ1v) is 14.9. The molecule has 230 valence electrons. The molecular formula is C31H37FN4O6S. The van der Waals surface area contributed by atoms with Crippen LogP contribution in [0.5, 0.6) is 11.5 Å².